The minimum atomic E-state index is -0.329. The molecular weight excluding hydrogens is 408 g/mol. The van der Waals surface area contributed by atoms with Gasteiger partial charge in [-0.25, -0.2) is 10.1 Å². The van der Waals surface area contributed by atoms with E-state index < -0.39 is 0 Å². The Morgan fingerprint density at radius 2 is 1.84 bits per heavy atom. The Balaban J connectivity index is 1.49. The van der Waals surface area contributed by atoms with Crippen molar-refractivity contribution in [1.29, 1.82) is 0 Å². The maximum absolute atomic E-state index is 12.5. The van der Waals surface area contributed by atoms with Gasteiger partial charge in [0.1, 0.15) is 16.7 Å². The number of aromatic nitrogens is 8. The average molecular weight is 432 g/mol. The molecule has 0 aliphatic carbocycles. The van der Waals surface area contributed by atoms with Crippen LogP contribution in [0.2, 0.25) is 0 Å². The van der Waals surface area contributed by atoms with Crippen LogP contribution in [-0.4, -0.2) is 53.5 Å². The summed E-state index contributed by atoms with van der Waals surface area (Å²) in [6, 6.07) is 7.61. The predicted molar refractivity (Wildman–Crippen MR) is 121 cm³/mol. The third-order valence-electron chi connectivity index (χ3n) is 5.54. The summed E-state index contributed by atoms with van der Waals surface area (Å²) in [7, 11) is 0. The van der Waals surface area contributed by atoms with Crippen LogP contribution in [0.1, 0.15) is 32.6 Å². The van der Waals surface area contributed by atoms with Gasteiger partial charge in [-0.15, -0.1) is 10.2 Å². The van der Waals surface area contributed by atoms with Crippen LogP contribution in [0.3, 0.4) is 0 Å². The third-order valence-corrected chi connectivity index (χ3v) is 5.54. The van der Waals surface area contributed by atoms with Gasteiger partial charge in [0, 0.05) is 24.3 Å². The molecule has 0 atom stereocenters. The van der Waals surface area contributed by atoms with E-state index in [1.807, 2.05) is 31.2 Å². The second kappa shape index (κ2) is 8.69. The van der Waals surface area contributed by atoms with Gasteiger partial charge in [0.25, 0.3) is 5.56 Å². The summed E-state index contributed by atoms with van der Waals surface area (Å²) >= 11 is 0. The summed E-state index contributed by atoms with van der Waals surface area (Å²) in [4.78, 5) is 25.6. The molecule has 11 heteroatoms. The van der Waals surface area contributed by atoms with Gasteiger partial charge in [0.05, 0.1) is 12.7 Å². The second-order valence-corrected chi connectivity index (χ2v) is 7.74. The van der Waals surface area contributed by atoms with Crippen LogP contribution in [-0.2, 0) is 6.54 Å². The van der Waals surface area contributed by atoms with Gasteiger partial charge >= 0.3 is 0 Å². The summed E-state index contributed by atoms with van der Waals surface area (Å²) < 4.78 is 0. The molecule has 0 bridgehead atoms. The van der Waals surface area contributed by atoms with Crippen molar-refractivity contribution in [2.75, 3.05) is 23.3 Å². The van der Waals surface area contributed by atoms with Crippen LogP contribution in [0.15, 0.2) is 35.3 Å². The lowest BCUT2D eigenvalue weighted by Gasteiger charge is -2.21. The molecule has 1 fully saturated rings. The number of aryl methyl sites for hydroxylation is 1. The molecule has 3 aromatic heterocycles. The Bertz CT molecular complexity index is 1270. The highest BCUT2D eigenvalue weighted by atomic mass is 16.1. The van der Waals surface area contributed by atoms with Gasteiger partial charge in [-0.1, -0.05) is 12.8 Å². The Hall–Kier alpha value is -3.89. The smallest absolute Gasteiger partial charge is 0.277 e. The molecule has 0 amide bonds. The van der Waals surface area contributed by atoms with Crippen molar-refractivity contribution in [3.8, 4) is 11.4 Å². The van der Waals surface area contributed by atoms with Crippen molar-refractivity contribution in [2.24, 2.45) is 0 Å². The van der Waals surface area contributed by atoms with E-state index in [0.717, 1.165) is 37.2 Å². The number of fused-ring (bicyclic) bond motifs is 1. The van der Waals surface area contributed by atoms with E-state index >= 15 is 0 Å². The van der Waals surface area contributed by atoms with Gasteiger partial charge in [0.2, 0.25) is 11.8 Å². The number of H-pyrrole nitrogens is 1. The van der Waals surface area contributed by atoms with Crippen LogP contribution >= 0.6 is 0 Å². The first-order valence-electron chi connectivity index (χ1n) is 10.9. The topological polar surface area (TPSA) is 130 Å². The molecule has 1 aromatic carbocycles. The number of rotatable bonds is 5. The lowest BCUT2D eigenvalue weighted by atomic mass is 10.2. The molecule has 11 nitrogen and oxygen atoms in total. The summed E-state index contributed by atoms with van der Waals surface area (Å²) in [5.74, 6) is 1.64. The van der Waals surface area contributed by atoms with E-state index in [-0.39, 0.29) is 5.56 Å². The van der Waals surface area contributed by atoms with E-state index in [1.54, 1.807) is 11.0 Å². The van der Waals surface area contributed by atoms with Crippen molar-refractivity contribution in [3.05, 3.63) is 40.8 Å². The summed E-state index contributed by atoms with van der Waals surface area (Å²) in [5.41, 5.74) is 1.83. The zero-order valence-electron chi connectivity index (χ0n) is 17.8. The number of aromatic amines is 1. The van der Waals surface area contributed by atoms with E-state index in [0.29, 0.717) is 35.0 Å². The predicted octanol–water partition coefficient (Wildman–Crippen LogP) is 2.51. The summed E-state index contributed by atoms with van der Waals surface area (Å²) in [6.45, 7) is 4.43. The maximum Gasteiger partial charge on any atom is 0.277 e. The molecule has 0 radical (unpaired) electrons. The van der Waals surface area contributed by atoms with Crippen LogP contribution in [0.4, 0.5) is 17.5 Å². The van der Waals surface area contributed by atoms with Gasteiger partial charge in [0.15, 0.2) is 0 Å². The Kier molecular flexibility index (Phi) is 5.44. The number of hydrogen-bond acceptors (Lipinski definition) is 9. The van der Waals surface area contributed by atoms with Crippen LogP contribution in [0.25, 0.3) is 22.3 Å². The SMILES string of the molecule is CCn1nnc(-c2ccc(Nc3nc(N4CCCCCC4)nc4cn[nH]c(=O)c34)cc2)n1. The monoisotopic (exact) mass is 432 g/mol. The number of benzene rings is 1. The second-order valence-electron chi connectivity index (χ2n) is 7.74. The lowest BCUT2D eigenvalue weighted by molar-refractivity contribution is 0.553. The van der Waals surface area contributed by atoms with E-state index in [9.17, 15) is 4.79 Å². The molecule has 1 saturated heterocycles. The molecule has 164 valence electrons. The molecule has 0 saturated carbocycles. The fourth-order valence-corrected chi connectivity index (χ4v) is 3.83. The molecule has 2 N–H and O–H groups in total. The van der Waals surface area contributed by atoms with Crippen molar-refractivity contribution in [3.63, 3.8) is 0 Å². The van der Waals surface area contributed by atoms with E-state index in [2.05, 4.69) is 40.8 Å². The zero-order chi connectivity index (χ0) is 21.9. The molecule has 4 aromatic rings. The molecule has 1 aliphatic rings. The number of nitrogens with one attached hydrogen (secondary N) is 2. The largest absolute Gasteiger partial charge is 0.341 e. The van der Waals surface area contributed by atoms with Crippen LogP contribution in [0.5, 0.6) is 0 Å². The van der Waals surface area contributed by atoms with Gasteiger partial charge in [-0.2, -0.15) is 14.9 Å². The van der Waals surface area contributed by atoms with Gasteiger partial charge < -0.3 is 10.2 Å². The minimum Gasteiger partial charge on any atom is -0.341 e. The first kappa shape index (κ1) is 20.0. The summed E-state index contributed by atoms with van der Waals surface area (Å²) in [6.07, 6.45) is 6.20. The lowest BCUT2D eigenvalue weighted by Crippen LogP contribution is -2.26. The van der Waals surface area contributed by atoms with Gasteiger partial charge in [-0.3, -0.25) is 4.79 Å². The van der Waals surface area contributed by atoms with Crippen molar-refractivity contribution < 1.29 is 0 Å². The van der Waals surface area contributed by atoms with Crippen LogP contribution in [0, 0.1) is 0 Å². The zero-order valence-corrected chi connectivity index (χ0v) is 17.8. The number of nitrogens with zero attached hydrogens (tertiary/aromatic N) is 8. The minimum absolute atomic E-state index is 0.329. The van der Waals surface area contributed by atoms with Crippen molar-refractivity contribution >= 4 is 28.4 Å². The van der Waals surface area contributed by atoms with Crippen LogP contribution < -0.4 is 15.8 Å². The fourth-order valence-electron chi connectivity index (χ4n) is 3.83. The first-order valence-corrected chi connectivity index (χ1v) is 10.9. The normalized spacial score (nSPS) is 14.5. The van der Waals surface area contributed by atoms with Crippen molar-refractivity contribution in [2.45, 2.75) is 39.2 Å². The molecule has 0 unspecified atom stereocenters. The quantitative estimate of drug-likeness (QED) is 0.488. The highest BCUT2D eigenvalue weighted by Gasteiger charge is 2.18. The summed E-state index contributed by atoms with van der Waals surface area (Å²) in [5, 5.41) is 22.5. The third kappa shape index (κ3) is 4.01. The van der Waals surface area contributed by atoms with Crippen molar-refractivity contribution in [1.82, 2.24) is 40.4 Å². The molecule has 0 spiro atoms. The number of hydrogen-bond donors (Lipinski definition) is 2. The molecule has 5 rings (SSSR count). The molecule has 32 heavy (non-hydrogen) atoms. The van der Waals surface area contributed by atoms with E-state index in [4.69, 9.17) is 4.98 Å². The highest BCUT2D eigenvalue weighted by molar-refractivity contribution is 5.90. The molecule has 1 aliphatic heterocycles. The maximum atomic E-state index is 12.5. The highest BCUT2D eigenvalue weighted by Crippen LogP contribution is 2.26. The Morgan fingerprint density at radius 3 is 2.56 bits per heavy atom. The first-order chi connectivity index (χ1) is 15.7. The Morgan fingerprint density at radius 1 is 1.06 bits per heavy atom. The molecular formula is C21H24N10O. The number of anilines is 3. The fraction of sp³-hybridized carbons (Fsp3) is 0.381. The molecule has 4 heterocycles. The standard InChI is InChI=1S/C21H24N10O/c1-2-31-28-18(26-29-31)14-7-9-15(10-8-14)23-19-17-16(13-22-27-20(17)32)24-21(25-19)30-11-5-3-4-6-12-30/h7-10,13H,2-6,11-12H2,1H3,(H,27,32)(H,23,24,25). The Labute approximate surface area is 183 Å². The van der Waals surface area contributed by atoms with E-state index in [1.165, 1.54) is 12.8 Å². The number of tetrazole rings is 1. The average Bonchev–Trinajstić information content (AvgIpc) is 3.13. The van der Waals surface area contributed by atoms with Gasteiger partial charge in [-0.05, 0) is 49.2 Å².